The molecule has 0 radical (unpaired) electrons. The monoisotopic (exact) mass is 300 g/mol. The zero-order valence-electron chi connectivity index (χ0n) is 13.1. The number of hydrogen-bond acceptors (Lipinski definition) is 2. The number of carbonyl (C=O) groups excluding carboxylic acids is 2. The van der Waals surface area contributed by atoms with E-state index in [-0.39, 0.29) is 11.8 Å². The predicted molar refractivity (Wildman–Crippen MR) is 88.1 cm³/mol. The molecule has 1 saturated heterocycles. The van der Waals surface area contributed by atoms with Crippen molar-refractivity contribution in [2.45, 2.75) is 38.6 Å². The van der Waals surface area contributed by atoms with E-state index in [9.17, 15) is 9.59 Å². The summed E-state index contributed by atoms with van der Waals surface area (Å²) < 4.78 is 0. The first-order chi connectivity index (χ1) is 10.7. The van der Waals surface area contributed by atoms with Gasteiger partial charge in [0, 0.05) is 19.2 Å². The zero-order valence-corrected chi connectivity index (χ0v) is 13.1. The highest BCUT2D eigenvalue weighted by Crippen LogP contribution is 2.10. The summed E-state index contributed by atoms with van der Waals surface area (Å²) in [5, 5.41) is 2.75. The van der Waals surface area contributed by atoms with Crippen molar-refractivity contribution in [2.24, 2.45) is 0 Å². The van der Waals surface area contributed by atoms with Gasteiger partial charge in [0.2, 0.25) is 11.8 Å². The van der Waals surface area contributed by atoms with Gasteiger partial charge < -0.3 is 10.2 Å². The standard InChI is InChI=1S/C18H24N2O2/c1-15(18(22)20-13-7-2-3-8-14-20)19-17(21)12-11-16-9-5-4-6-10-16/h4-6,9-12,15H,2-3,7-8,13-14H2,1H3,(H,19,21). The van der Waals surface area contributed by atoms with Crippen LogP contribution in [0, 0.1) is 0 Å². The van der Waals surface area contributed by atoms with Crippen LogP contribution in [0.5, 0.6) is 0 Å². The molecule has 0 aromatic heterocycles. The molecule has 0 aliphatic carbocycles. The van der Waals surface area contributed by atoms with Gasteiger partial charge in [0.15, 0.2) is 0 Å². The molecule has 1 aliphatic rings. The lowest BCUT2D eigenvalue weighted by Gasteiger charge is -2.24. The summed E-state index contributed by atoms with van der Waals surface area (Å²) in [6, 6.07) is 9.14. The Balaban J connectivity index is 1.85. The third-order valence-electron chi connectivity index (χ3n) is 3.87. The fourth-order valence-electron chi connectivity index (χ4n) is 2.62. The molecule has 0 bridgehead atoms. The summed E-state index contributed by atoms with van der Waals surface area (Å²) >= 11 is 0. The maximum atomic E-state index is 12.3. The molecule has 118 valence electrons. The first-order valence-corrected chi connectivity index (χ1v) is 7.99. The number of benzene rings is 1. The topological polar surface area (TPSA) is 49.4 Å². The Morgan fingerprint density at radius 2 is 1.73 bits per heavy atom. The fraction of sp³-hybridized carbons (Fsp3) is 0.444. The number of carbonyl (C=O) groups is 2. The Morgan fingerprint density at radius 1 is 1.09 bits per heavy atom. The maximum Gasteiger partial charge on any atom is 0.244 e. The van der Waals surface area contributed by atoms with E-state index in [1.54, 1.807) is 13.0 Å². The molecule has 0 spiro atoms. The highest BCUT2D eigenvalue weighted by atomic mass is 16.2. The molecule has 1 aromatic rings. The first-order valence-electron chi connectivity index (χ1n) is 7.99. The average molecular weight is 300 g/mol. The van der Waals surface area contributed by atoms with Gasteiger partial charge in [-0.1, -0.05) is 43.2 Å². The van der Waals surface area contributed by atoms with Crippen molar-refractivity contribution >= 4 is 17.9 Å². The largest absolute Gasteiger partial charge is 0.341 e. The third kappa shape index (κ3) is 5.02. The average Bonchev–Trinajstić information content (AvgIpc) is 2.82. The van der Waals surface area contributed by atoms with Gasteiger partial charge in [0.05, 0.1) is 0 Å². The van der Waals surface area contributed by atoms with Gasteiger partial charge in [-0.25, -0.2) is 0 Å². The van der Waals surface area contributed by atoms with Crippen LogP contribution >= 0.6 is 0 Å². The van der Waals surface area contributed by atoms with E-state index in [0.717, 1.165) is 31.5 Å². The van der Waals surface area contributed by atoms with Gasteiger partial charge in [-0.15, -0.1) is 0 Å². The van der Waals surface area contributed by atoms with Crippen molar-refractivity contribution in [3.05, 3.63) is 42.0 Å². The molecular formula is C18H24N2O2. The highest BCUT2D eigenvalue weighted by molar-refractivity contribution is 5.95. The Morgan fingerprint density at radius 3 is 2.36 bits per heavy atom. The zero-order chi connectivity index (χ0) is 15.8. The Labute approximate surface area is 132 Å². The number of likely N-dealkylation sites (tertiary alicyclic amines) is 1. The van der Waals surface area contributed by atoms with E-state index in [1.807, 2.05) is 35.2 Å². The van der Waals surface area contributed by atoms with E-state index < -0.39 is 6.04 Å². The minimum absolute atomic E-state index is 0.0170. The van der Waals surface area contributed by atoms with E-state index in [4.69, 9.17) is 0 Å². The molecule has 1 fully saturated rings. The third-order valence-corrected chi connectivity index (χ3v) is 3.87. The normalized spacial score (nSPS) is 17.0. The van der Waals surface area contributed by atoms with Crippen molar-refractivity contribution in [2.75, 3.05) is 13.1 Å². The van der Waals surface area contributed by atoms with E-state index in [0.29, 0.717) is 0 Å². The molecule has 0 saturated carbocycles. The van der Waals surface area contributed by atoms with Crippen molar-refractivity contribution in [3.63, 3.8) is 0 Å². The maximum absolute atomic E-state index is 12.3. The van der Waals surface area contributed by atoms with Crippen molar-refractivity contribution in [3.8, 4) is 0 Å². The SMILES string of the molecule is CC(NC(=O)C=Cc1ccccc1)C(=O)N1CCCCCC1. The molecular weight excluding hydrogens is 276 g/mol. The van der Waals surface area contributed by atoms with Crippen LogP contribution in [0.1, 0.15) is 38.2 Å². The van der Waals surface area contributed by atoms with Crippen molar-refractivity contribution in [1.82, 2.24) is 10.2 Å². The molecule has 22 heavy (non-hydrogen) atoms. The van der Waals surface area contributed by atoms with Crippen molar-refractivity contribution < 1.29 is 9.59 Å². The van der Waals surface area contributed by atoms with E-state index >= 15 is 0 Å². The number of rotatable bonds is 4. The van der Waals surface area contributed by atoms with E-state index in [2.05, 4.69) is 5.32 Å². The smallest absolute Gasteiger partial charge is 0.244 e. The van der Waals surface area contributed by atoms with Crippen LogP contribution in [0.15, 0.2) is 36.4 Å². The second-order valence-corrected chi connectivity index (χ2v) is 5.71. The summed E-state index contributed by atoms with van der Waals surface area (Å²) in [5.74, 6) is -0.220. The van der Waals surface area contributed by atoms with Gasteiger partial charge in [0.1, 0.15) is 6.04 Å². The highest BCUT2D eigenvalue weighted by Gasteiger charge is 2.21. The van der Waals surface area contributed by atoms with Crippen LogP contribution in [0.2, 0.25) is 0 Å². The summed E-state index contributed by atoms with van der Waals surface area (Å²) in [6.45, 7) is 3.36. The minimum Gasteiger partial charge on any atom is -0.341 e. The second-order valence-electron chi connectivity index (χ2n) is 5.71. The minimum atomic E-state index is -0.481. The lowest BCUT2D eigenvalue weighted by molar-refractivity contribution is -0.135. The number of nitrogens with one attached hydrogen (secondary N) is 1. The second kappa shape index (κ2) is 8.37. The summed E-state index contributed by atoms with van der Waals surface area (Å²) in [7, 11) is 0. The Kier molecular flexibility index (Phi) is 6.19. The van der Waals surface area contributed by atoms with Crippen LogP contribution < -0.4 is 5.32 Å². The van der Waals surface area contributed by atoms with Crippen LogP contribution in [0.4, 0.5) is 0 Å². The Bertz CT molecular complexity index is 517. The molecule has 1 aromatic carbocycles. The van der Waals surface area contributed by atoms with Gasteiger partial charge >= 0.3 is 0 Å². The van der Waals surface area contributed by atoms with Crippen LogP contribution in [-0.2, 0) is 9.59 Å². The number of nitrogens with zero attached hydrogens (tertiary/aromatic N) is 1. The molecule has 1 atom stereocenters. The molecule has 2 amide bonds. The lowest BCUT2D eigenvalue weighted by atomic mass is 10.2. The number of hydrogen-bond donors (Lipinski definition) is 1. The molecule has 1 unspecified atom stereocenters. The predicted octanol–water partition coefficient (Wildman–Crippen LogP) is 2.61. The molecule has 1 heterocycles. The first kappa shape index (κ1) is 16.3. The lowest BCUT2D eigenvalue weighted by Crippen LogP contribution is -2.46. The molecule has 4 nitrogen and oxygen atoms in total. The molecule has 2 rings (SSSR count). The van der Waals surface area contributed by atoms with Gasteiger partial charge in [-0.05, 0) is 31.4 Å². The summed E-state index contributed by atoms with van der Waals surface area (Å²) in [6.07, 6.45) is 7.70. The van der Waals surface area contributed by atoms with Crippen molar-refractivity contribution in [1.29, 1.82) is 0 Å². The number of amides is 2. The fourth-order valence-corrected chi connectivity index (χ4v) is 2.62. The molecule has 1 N–H and O–H groups in total. The van der Waals surface area contributed by atoms with Crippen LogP contribution in [-0.4, -0.2) is 35.8 Å². The summed E-state index contributed by atoms with van der Waals surface area (Å²) in [5.41, 5.74) is 0.962. The van der Waals surface area contributed by atoms with Gasteiger partial charge in [-0.3, -0.25) is 9.59 Å². The van der Waals surface area contributed by atoms with Gasteiger partial charge in [0.25, 0.3) is 0 Å². The van der Waals surface area contributed by atoms with Crippen LogP contribution in [0.3, 0.4) is 0 Å². The summed E-state index contributed by atoms with van der Waals surface area (Å²) in [4.78, 5) is 26.1. The quantitative estimate of drug-likeness (QED) is 0.869. The van der Waals surface area contributed by atoms with Crippen LogP contribution in [0.25, 0.3) is 6.08 Å². The van der Waals surface area contributed by atoms with Gasteiger partial charge in [-0.2, -0.15) is 0 Å². The molecule has 1 aliphatic heterocycles. The molecule has 4 heteroatoms. The van der Waals surface area contributed by atoms with E-state index in [1.165, 1.54) is 18.9 Å². The Hall–Kier alpha value is -2.10.